The second-order valence-electron chi connectivity index (χ2n) is 10.4. The molecule has 2 N–H and O–H groups in total. The zero-order valence-corrected chi connectivity index (χ0v) is 22.8. The van der Waals surface area contributed by atoms with Gasteiger partial charge in [-0.1, -0.05) is 12.1 Å². The number of nitrogens with one attached hydrogen (secondary N) is 2. The van der Waals surface area contributed by atoms with Crippen LogP contribution in [0.4, 0.5) is 16.3 Å². The third kappa shape index (κ3) is 5.71. The minimum absolute atomic E-state index is 0.0902. The monoisotopic (exact) mass is 530 g/mol. The number of nitrogens with zero attached hydrogens (tertiary/aromatic N) is 6. The van der Waals surface area contributed by atoms with Crippen molar-refractivity contribution in [2.45, 2.75) is 38.4 Å². The van der Waals surface area contributed by atoms with E-state index in [1.54, 1.807) is 40.5 Å². The molecule has 2 aromatic heterocycles. The van der Waals surface area contributed by atoms with Gasteiger partial charge in [0, 0.05) is 77.4 Å². The van der Waals surface area contributed by atoms with Crippen LogP contribution in [0.1, 0.15) is 56.6 Å². The summed E-state index contributed by atoms with van der Waals surface area (Å²) in [5.74, 6) is 0.466. The van der Waals surface area contributed by atoms with Crippen molar-refractivity contribution in [1.29, 1.82) is 0 Å². The highest BCUT2D eigenvalue weighted by Gasteiger charge is 2.34. The van der Waals surface area contributed by atoms with Crippen LogP contribution < -0.4 is 15.5 Å². The summed E-state index contributed by atoms with van der Waals surface area (Å²) in [6.45, 7) is 1.63. The Hall–Kier alpha value is -4.41. The predicted molar refractivity (Wildman–Crippen MR) is 148 cm³/mol. The fourth-order valence-corrected chi connectivity index (χ4v) is 4.61. The molecule has 1 aliphatic carbocycles. The Bertz CT molecular complexity index is 1380. The number of hydrogen-bond donors (Lipinski definition) is 2. The van der Waals surface area contributed by atoms with Crippen molar-refractivity contribution < 1.29 is 14.4 Å². The number of amides is 4. The Morgan fingerprint density at radius 2 is 1.74 bits per heavy atom. The smallest absolute Gasteiger partial charge is 0.321 e. The van der Waals surface area contributed by atoms with E-state index >= 15 is 0 Å². The first kappa shape index (κ1) is 26.2. The van der Waals surface area contributed by atoms with Crippen molar-refractivity contribution in [3.05, 3.63) is 70.7 Å². The van der Waals surface area contributed by atoms with E-state index < -0.39 is 0 Å². The Balaban J connectivity index is 1.29. The van der Waals surface area contributed by atoms with Crippen LogP contribution >= 0.6 is 0 Å². The number of carbonyl (C=O) groups is 3. The van der Waals surface area contributed by atoms with Gasteiger partial charge in [0.15, 0.2) is 5.69 Å². The molecule has 2 aliphatic rings. The van der Waals surface area contributed by atoms with E-state index in [9.17, 15) is 14.4 Å². The van der Waals surface area contributed by atoms with Crippen LogP contribution in [0.3, 0.4) is 0 Å². The average Bonchev–Trinajstić information content (AvgIpc) is 3.71. The quantitative estimate of drug-likeness (QED) is 0.485. The van der Waals surface area contributed by atoms with Gasteiger partial charge in [0.05, 0.1) is 11.6 Å². The maximum absolute atomic E-state index is 13.3. The summed E-state index contributed by atoms with van der Waals surface area (Å²) in [5, 5.41) is 10.6. The molecule has 0 bridgehead atoms. The molecular formula is C28H34N8O3. The van der Waals surface area contributed by atoms with Crippen LogP contribution in [0, 0.1) is 0 Å². The topological polar surface area (TPSA) is 116 Å². The van der Waals surface area contributed by atoms with E-state index in [1.165, 1.54) is 9.80 Å². The van der Waals surface area contributed by atoms with Crippen molar-refractivity contribution in [1.82, 2.24) is 29.9 Å². The molecule has 0 atom stereocenters. The SMILES string of the molecule is CN(C)C(=O)Nc1ccc(CNC(=O)c2nn(C3CC3)c3c2CN(c2ccc(C(=O)N(C)C)cn2)CC3)cc1. The van der Waals surface area contributed by atoms with E-state index in [-0.39, 0.29) is 17.8 Å². The van der Waals surface area contributed by atoms with Gasteiger partial charge < -0.3 is 25.3 Å². The van der Waals surface area contributed by atoms with E-state index in [2.05, 4.69) is 25.2 Å². The number of hydrogen-bond acceptors (Lipinski definition) is 6. The summed E-state index contributed by atoms with van der Waals surface area (Å²) < 4.78 is 2.05. The minimum Gasteiger partial charge on any atom is -0.352 e. The number of rotatable bonds is 7. The summed E-state index contributed by atoms with van der Waals surface area (Å²) in [6.07, 6.45) is 4.54. The fraction of sp³-hybridized carbons (Fsp3) is 0.393. The molecule has 3 aromatic rings. The molecule has 3 heterocycles. The summed E-state index contributed by atoms with van der Waals surface area (Å²) in [6, 6.07) is 11.2. The Labute approximate surface area is 227 Å². The van der Waals surface area contributed by atoms with Crippen LogP contribution in [0.2, 0.25) is 0 Å². The highest BCUT2D eigenvalue weighted by atomic mass is 16.2. The summed E-state index contributed by atoms with van der Waals surface area (Å²) >= 11 is 0. The maximum Gasteiger partial charge on any atom is 0.321 e. The third-order valence-electron chi connectivity index (χ3n) is 6.98. The average molecular weight is 531 g/mol. The Kier molecular flexibility index (Phi) is 7.23. The van der Waals surface area contributed by atoms with Crippen molar-refractivity contribution in [2.24, 2.45) is 0 Å². The van der Waals surface area contributed by atoms with E-state index in [1.807, 2.05) is 30.3 Å². The summed E-state index contributed by atoms with van der Waals surface area (Å²) in [7, 11) is 6.80. The number of anilines is 2. The molecule has 1 fully saturated rings. The molecule has 39 heavy (non-hydrogen) atoms. The first-order valence-electron chi connectivity index (χ1n) is 13.1. The zero-order valence-electron chi connectivity index (χ0n) is 22.8. The van der Waals surface area contributed by atoms with Gasteiger partial charge in [0.25, 0.3) is 11.8 Å². The van der Waals surface area contributed by atoms with Crippen molar-refractivity contribution in [3.63, 3.8) is 0 Å². The van der Waals surface area contributed by atoms with Crippen LogP contribution in [0.5, 0.6) is 0 Å². The number of aromatic nitrogens is 3. The number of fused-ring (bicyclic) bond motifs is 1. The Morgan fingerprint density at radius 1 is 1.00 bits per heavy atom. The van der Waals surface area contributed by atoms with Gasteiger partial charge in [-0.25, -0.2) is 9.78 Å². The van der Waals surface area contributed by atoms with Gasteiger partial charge in [-0.3, -0.25) is 14.3 Å². The normalized spacial score (nSPS) is 14.4. The molecule has 1 aromatic carbocycles. The molecule has 5 rings (SSSR count). The third-order valence-corrected chi connectivity index (χ3v) is 6.98. The van der Waals surface area contributed by atoms with Gasteiger partial charge >= 0.3 is 6.03 Å². The lowest BCUT2D eigenvalue weighted by Crippen LogP contribution is -2.33. The number of pyridine rings is 1. The molecule has 1 saturated carbocycles. The molecule has 204 valence electrons. The predicted octanol–water partition coefficient (Wildman–Crippen LogP) is 2.90. The van der Waals surface area contributed by atoms with E-state index in [4.69, 9.17) is 5.10 Å². The number of benzene rings is 1. The minimum atomic E-state index is -0.211. The fourth-order valence-electron chi connectivity index (χ4n) is 4.61. The molecule has 1 aliphatic heterocycles. The van der Waals surface area contributed by atoms with Crippen LogP contribution in [0.15, 0.2) is 42.6 Å². The Morgan fingerprint density at radius 3 is 2.36 bits per heavy atom. The van der Waals surface area contributed by atoms with Gasteiger partial charge in [0.1, 0.15) is 5.82 Å². The number of carbonyl (C=O) groups excluding carboxylic acids is 3. The lowest BCUT2D eigenvalue weighted by Gasteiger charge is -2.29. The van der Waals surface area contributed by atoms with Gasteiger partial charge in [-0.05, 0) is 42.7 Å². The lowest BCUT2D eigenvalue weighted by molar-refractivity contribution is 0.0826. The molecule has 0 radical (unpaired) electrons. The first-order chi connectivity index (χ1) is 18.7. The lowest BCUT2D eigenvalue weighted by atomic mass is 10.0. The highest BCUT2D eigenvalue weighted by Crippen LogP contribution is 2.38. The van der Waals surface area contributed by atoms with Gasteiger partial charge in [0.2, 0.25) is 0 Å². The van der Waals surface area contributed by atoms with Crippen LogP contribution in [0.25, 0.3) is 0 Å². The van der Waals surface area contributed by atoms with E-state index in [0.717, 1.165) is 48.4 Å². The molecular weight excluding hydrogens is 496 g/mol. The summed E-state index contributed by atoms with van der Waals surface area (Å²) in [4.78, 5) is 47.1. The van der Waals surface area contributed by atoms with Crippen molar-refractivity contribution in [3.8, 4) is 0 Å². The first-order valence-corrected chi connectivity index (χ1v) is 13.1. The number of urea groups is 1. The molecule has 11 nitrogen and oxygen atoms in total. The second kappa shape index (κ2) is 10.8. The molecule has 4 amide bonds. The zero-order chi connectivity index (χ0) is 27.7. The molecule has 0 unspecified atom stereocenters. The van der Waals surface area contributed by atoms with Crippen LogP contribution in [-0.4, -0.2) is 77.1 Å². The van der Waals surface area contributed by atoms with Crippen LogP contribution in [-0.2, 0) is 19.5 Å². The second-order valence-corrected chi connectivity index (χ2v) is 10.4. The van der Waals surface area contributed by atoms with Gasteiger partial charge in [-0.2, -0.15) is 5.10 Å². The molecule has 0 saturated heterocycles. The van der Waals surface area contributed by atoms with Crippen molar-refractivity contribution in [2.75, 3.05) is 45.0 Å². The largest absolute Gasteiger partial charge is 0.352 e. The standard InChI is InChI=1S/C28H34N8O3/c1-33(2)27(38)19-7-12-24(29-16-19)35-14-13-23-22(17-35)25(32-36(23)21-10-11-21)26(37)30-15-18-5-8-20(9-6-18)31-28(39)34(3)4/h5-9,12,16,21H,10-11,13-15,17H2,1-4H3,(H,30,37)(H,31,39). The van der Waals surface area contributed by atoms with Gasteiger partial charge in [-0.15, -0.1) is 0 Å². The molecule has 11 heteroatoms. The maximum atomic E-state index is 13.3. The molecule has 0 spiro atoms. The van der Waals surface area contributed by atoms with Crippen molar-refractivity contribution >= 4 is 29.4 Å². The highest BCUT2D eigenvalue weighted by molar-refractivity contribution is 5.95. The van der Waals surface area contributed by atoms with E-state index in [0.29, 0.717) is 36.1 Å². The summed E-state index contributed by atoms with van der Waals surface area (Å²) in [5.41, 5.74) is 4.66.